The average molecular weight is 417 g/mol. The third-order valence-corrected chi connectivity index (χ3v) is 10.2. The Labute approximate surface area is 183 Å². The van der Waals surface area contributed by atoms with Crippen LogP contribution >= 0.6 is 7.26 Å². The van der Waals surface area contributed by atoms with Gasteiger partial charge in [0.1, 0.15) is 29.3 Å². The summed E-state index contributed by atoms with van der Waals surface area (Å²) in [6.45, 7) is 0. The second-order valence-corrected chi connectivity index (χ2v) is 11.2. The lowest BCUT2D eigenvalue weighted by molar-refractivity contribution is 1.25. The Hall–Kier alpha value is -3.66. The zero-order chi connectivity index (χ0) is 21.1. The third-order valence-electron chi connectivity index (χ3n) is 5.80. The summed E-state index contributed by atoms with van der Waals surface area (Å²) in [5.41, 5.74) is 2.95. The van der Waals surface area contributed by atoms with Crippen molar-refractivity contribution in [2.75, 3.05) is 0 Å². The lowest BCUT2D eigenvalue weighted by atomic mass is 10.2. The van der Waals surface area contributed by atoms with Crippen LogP contribution in [-0.4, -0.2) is 4.98 Å². The molecule has 0 amide bonds. The number of nitrogens with zero attached hydrogens (tertiary/aromatic N) is 1. The maximum Gasteiger partial charge on any atom is 0.118 e. The van der Waals surface area contributed by atoms with Crippen LogP contribution in [0.2, 0.25) is 0 Å². The highest BCUT2D eigenvalue weighted by atomic mass is 31.2. The van der Waals surface area contributed by atoms with Crippen molar-refractivity contribution >= 4 is 34.1 Å². The number of hydrogen-bond donors (Lipinski definition) is 1. The van der Waals surface area contributed by atoms with E-state index in [0.29, 0.717) is 5.56 Å². The molecular formula is C28H22N2P+. The molecule has 3 heteroatoms. The van der Waals surface area contributed by atoms with Crippen LogP contribution in [0.3, 0.4) is 0 Å². The summed E-state index contributed by atoms with van der Waals surface area (Å²) in [6.07, 6.45) is 0.890. The van der Waals surface area contributed by atoms with Gasteiger partial charge in [-0.05, 0) is 60.7 Å². The summed E-state index contributed by atoms with van der Waals surface area (Å²) >= 11 is 0. The molecule has 0 aliphatic rings. The van der Waals surface area contributed by atoms with E-state index >= 15 is 0 Å². The lowest BCUT2D eigenvalue weighted by Gasteiger charge is -2.27. The van der Waals surface area contributed by atoms with Crippen LogP contribution in [0.5, 0.6) is 0 Å². The number of hydrogen-bond acceptors (Lipinski definition) is 1. The summed E-state index contributed by atoms with van der Waals surface area (Å²) in [5, 5.41) is 14.5. The van der Waals surface area contributed by atoms with E-state index in [1.807, 2.05) is 18.2 Å². The van der Waals surface area contributed by atoms with Gasteiger partial charge in [0.15, 0.2) is 0 Å². The van der Waals surface area contributed by atoms with Gasteiger partial charge in [-0.2, -0.15) is 5.26 Å². The van der Waals surface area contributed by atoms with E-state index in [-0.39, 0.29) is 0 Å². The Balaban J connectivity index is 1.75. The van der Waals surface area contributed by atoms with E-state index in [1.165, 1.54) is 21.6 Å². The van der Waals surface area contributed by atoms with E-state index in [2.05, 4.69) is 108 Å². The summed E-state index contributed by atoms with van der Waals surface area (Å²) in [7, 11) is -1.95. The molecule has 148 valence electrons. The zero-order valence-electron chi connectivity index (χ0n) is 17.1. The first-order valence-corrected chi connectivity index (χ1v) is 12.3. The molecule has 5 aromatic rings. The van der Waals surface area contributed by atoms with Crippen LogP contribution in [0.15, 0.2) is 115 Å². The average Bonchev–Trinajstić information content (AvgIpc) is 3.25. The van der Waals surface area contributed by atoms with Crippen molar-refractivity contribution in [2.24, 2.45) is 0 Å². The molecule has 0 saturated heterocycles. The largest absolute Gasteiger partial charge is 0.355 e. The second kappa shape index (κ2) is 8.23. The molecular weight excluding hydrogens is 395 g/mol. The monoisotopic (exact) mass is 417 g/mol. The summed E-state index contributed by atoms with van der Waals surface area (Å²) in [5.74, 6) is 0. The molecule has 0 saturated carbocycles. The van der Waals surface area contributed by atoms with E-state index in [0.717, 1.165) is 17.1 Å². The van der Waals surface area contributed by atoms with Crippen molar-refractivity contribution in [3.63, 3.8) is 0 Å². The zero-order valence-corrected chi connectivity index (χ0v) is 18.0. The Bertz CT molecular complexity index is 1250. The maximum atomic E-state index is 9.28. The van der Waals surface area contributed by atoms with Gasteiger partial charge in [-0.3, -0.25) is 0 Å². The number of fused-ring (bicyclic) bond motifs is 1. The first kappa shape index (κ1) is 19.3. The summed E-state index contributed by atoms with van der Waals surface area (Å²) in [6, 6.07) is 43.0. The van der Waals surface area contributed by atoms with Crippen LogP contribution in [0, 0.1) is 11.3 Å². The number of benzene rings is 4. The minimum Gasteiger partial charge on any atom is -0.355 e. The number of H-pyrrole nitrogens is 1. The molecule has 0 aliphatic carbocycles. The number of nitriles is 1. The molecule has 0 radical (unpaired) electrons. The number of aromatic nitrogens is 1. The smallest absolute Gasteiger partial charge is 0.118 e. The predicted octanol–water partition coefficient (Wildman–Crippen LogP) is 5.53. The van der Waals surface area contributed by atoms with Crippen molar-refractivity contribution in [1.29, 1.82) is 5.26 Å². The number of rotatable bonds is 5. The van der Waals surface area contributed by atoms with Gasteiger partial charge in [-0.25, -0.2) is 0 Å². The molecule has 0 spiro atoms. The molecule has 0 atom stereocenters. The Morgan fingerprint density at radius 3 is 1.65 bits per heavy atom. The molecule has 5 rings (SSSR count). The first-order chi connectivity index (χ1) is 15.3. The van der Waals surface area contributed by atoms with Gasteiger partial charge in [0.2, 0.25) is 0 Å². The first-order valence-electron chi connectivity index (χ1n) is 10.4. The minimum atomic E-state index is -1.95. The van der Waals surface area contributed by atoms with Gasteiger partial charge in [0, 0.05) is 10.9 Å². The standard InChI is InChI=1S/C28H22N2P/c29-20-22-16-17-28-23(18-22)19-24(30-28)21-31(25-10-4-1-5-11-25,26-12-6-2-7-13-26)27-14-8-3-9-15-27/h1-19,30H,21H2/q+1. The second-order valence-electron chi connectivity index (χ2n) is 7.68. The fourth-order valence-corrected chi connectivity index (χ4v) is 8.54. The lowest BCUT2D eigenvalue weighted by Crippen LogP contribution is -2.32. The van der Waals surface area contributed by atoms with E-state index in [4.69, 9.17) is 0 Å². The molecule has 4 aromatic carbocycles. The van der Waals surface area contributed by atoms with Crippen molar-refractivity contribution in [3.8, 4) is 6.07 Å². The fourth-order valence-electron chi connectivity index (χ4n) is 4.37. The van der Waals surface area contributed by atoms with Crippen LogP contribution in [0.1, 0.15) is 11.3 Å². The van der Waals surface area contributed by atoms with Crippen molar-refractivity contribution in [1.82, 2.24) is 4.98 Å². The Kier molecular flexibility index (Phi) is 5.13. The van der Waals surface area contributed by atoms with Crippen molar-refractivity contribution < 1.29 is 0 Å². The summed E-state index contributed by atoms with van der Waals surface area (Å²) in [4.78, 5) is 3.63. The number of aromatic amines is 1. The highest BCUT2D eigenvalue weighted by Crippen LogP contribution is 2.58. The quantitative estimate of drug-likeness (QED) is 0.375. The molecule has 0 fully saturated rings. The maximum absolute atomic E-state index is 9.28. The third kappa shape index (κ3) is 3.55. The topological polar surface area (TPSA) is 39.6 Å². The van der Waals surface area contributed by atoms with Crippen LogP contribution in [0.25, 0.3) is 10.9 Å². The molecule has 1 aromatic heterocycles. The van der Waals surface area contributed by atoms with Crippen molar-refractivity contribution in [3.05, 3.63) is 127 Å². The van der Waals surface area contributed by atoms with Crippen LogP contribution in [0.4, 0.5) is 0 Å². The molecule has 1 N–H and O–H groups in total. The highest BCUT2D eigenvalue weighted by Gasteiger charge is 2.45. The van der Waals surface area contributed by atoms with Crippen molar-refractivity contribution in [2.45, 2.75) is 6.16 Å². The molecule has 2 nitrogen and oxygen atoms in total. The van der Waals surface area contributed by atoms with Gasteiger partial charge in [0.25, 0.3) is 0 Å². The van der Waals surface area contributed by atoms with Crippen LogP contribution in [-0.2, 0) is 6.16 Å². The minimum absolute atomic E-state index is 0.688. The van der Waals surface area contributed by atoms with Gasteiger partial charge < -0.3 is 4.98 Å². The highest BCUT2D eigenvalue weighted by molar-refractivity contribution is 7.95. The molecule has 31 heavy (non-hydrogen) atoms. The summed E-state index contributed by atoms with van der Waals surface area (Å²) < 4.78 is 0. The predicted molar refractivity (Wildman–Crippen MR) is 132 cm³/mol. The SMILES string of the molecule is N#Cc1ccc2[nH]c(C[P+](c3ccccc3)(c3ccccc3)c3ccccc3)cc2c1. The fraction of sp³-hybridized carbons (Fsp3) is 0.0357. The van der Waals surface area contributed by atoms with E-state index in [1.54, 1.807) is 0 Å². The Morgan fingerprint density at radius 1 is 0.645 bits per heavy atom. The normalized spacial score (nSPS) is 11.3. The van der Waals surface area contributed by atoms with E-state index < -0.39 is 7.26 Å². The number of nitrogens with one attached hydrogen (secondary N) is 1. The molecule has 0 unspecified atom stereocenters. The van der Waals surface area contributed by atoms with Crippen LogP contribution < -0.4 is 15.9 Å². The molecule has 1 heterocycles. The van der Waals surface area contributed by atoms with Gasteiger partial charge in [-0.1, -0.05) is 54.6 Å². The molecule has 0 bridgehead atoms. The molecule has 0 aliphatic heterocycles. The Morgan fingerprint density at radius 2 is 1.16 bits per heavy atom. The van der Waals surface area contributed by atoms with Gasteiger partial charge in [0.05, 0.1) is 17.3 Å². The van der Waals surface area contributed by atoms with Gasteiger partial charge in [-0.15, -0.1) is 0 Å². The van der Waals surface area contributed by atoms with Gasteiger partial charge >= 0.3 is 0 Å². The van der Waals surface area contributed by atoms with E-state index in [9.17, 15) is 5.26 Å².